The van der Waals surface area contributed by atoms with Gasteiger partial charge in [-0.15, -0.1) is 0 Å². The van der Waals surface area contributed by atoms with E-state index in [0.29, 0.717) is 36.1 Å². The summed E-state index contributed by atoms with van der Waals surface area (Å²) in [7, 11) is -3.06. The number of sulfone groups is 1. The maximum atomic E-state index is 14.6. The van der Waals surface area contributed by atoms with Crippen molar-refractivity contribution in [1.29, 1.82) is 5.26 Å². The highest BCUT2D eigenvalue weighted by Crippen LogP contribution is 2.36. The van der Waals surface area contributed by atoms with Crippen molar-refractivity contribution in [3.63, 3.8) is 0 Å². The number of amides is 1. The quantitative estimate of drug-likeness (QED) is 0.780. The molecule has 1 N–H and O–H groups in total. The summed E-state index contributed by atoms with van der Waals surface area (Å²) in [4.78, 5) is 12.9. The first-order valence-electron chi connectivity index (χ1n) is 10.3. The average Bonchev–Trinajstić information content (AvgIpc) is 3.05. The van der Waals surface area contributed by atoms with Crippen molar-refractivity contribution in [2.45, 2.75) is 51.6 Å². The third-order valence-electron chi connectivity index (χ3n) is 6.01. The first kappa shape index (κ1) is 21.5. The number of nitrogens with one attached hydrogen (secondary N) is 1. The van der Waals surface area contributed by atoms with Gasteiger partial charge in [0.25, 0.3) is 0 Å². The van der Waals surface area contributed by atoms with Gasteiger partial charge in [-0.2, -0.15) is 10.4 Å². The van der Waals surface area contributed by atoms with Gasteiger partial charge in [0.15, 0.2) is 9.84 Å². The summed E-state index contributed by atoms with van der Waals surface area (Å²) in [6, 6.07) is 6.28. The summed E-state index contributed by atoms with van der Waals surface area (Å²) >= 11 is 0. The van der Waals surface area contributed by atoms with Crippen molar-refractivity contribution in [3.8, 4) is 17.3 Å². The molecule has 1 aliphatic heterocycles. The highest BCUT2D eigenvalue weighted by atomic mass is 32.2. The summed E-state index contributed by atoms with van der Waals surface area (Å²) < 4.78 is 39.5. The van der Waals surface area contributed by atoms with Crippen molar-refractivity contribution < 1.29 is 17.6 Å². The molecule has 7 nitrogen and oxygen atoms in total. The van der Waals surface area contributed by atoms with E-state index in [4.69, 9.17) is 0 Å². The lowest BCUT2D eigenvalue weighted by Crippen LogP contribution is -2.64. The van der Waals surface area contributed by atoms with Crippen molar-refractivity contribution >= 4 is 15.7 Å². The molecule has 1 amide bonds. The van der Waals surface area contributed by atoms with Crippen molar-refractivity contribution in [2.75, 3.05) is 11.5 Å². The van der Waals surface area contributed by atoms with Crippen molar-refractivity contribution in [2.24, 2.45) is 5.92 Å². The van der Waals surface area contributed by atoms with Crippen molar-refractivity contribution in [3.05, 3.63) is 40.8 Å². The van der Waals surface area contributed by atoms with E-state index in [-0.39, 0.29) is 29.4 Å². The molecule has 164 valence electrons. The molecule has 0 unspecified atom stereocenters. The number of rotatable bonds is 4. The van der Waals surface area contributed by atoms with Gasteiger partial charge in [-0.25, -0.2) is 12.8 Å². The molecule has 1 aliphatic carbocycles. The predicted molar refractivity (Wildman–Crippen MR) is 113 cm³/mol. The van der Waals surface area contributed by atoms with Gasteiger partial charge >= 0.3 is 0 Å². The average molecular weight is 445 g/mol. The number of fused-ring (bicyclic) bond motifs is 1. The van der Waals surface area contributed by atoms with E-state index in [1.807, 2.05) is 24.6 Å². The SMILES string of the molecule is CC(C)n1nc(-c2cc(C#N)ccc2F)c2c1C[C@H](C(=O)NC1(C)CS(=O)(=O)C1)CC2. The molecule has 0 spiro atoms. The van der Waals surface area contributed by atoms with Gasteiger partial charge in [-0.05, 0) is 51.8 Å². The minimum absolute atomic E-state index is 0.0146. The fourth-order valence-corrected chi connectivity index (χ4v) is 6.68. The van der Waals surface area contributed by atoms with Gasteiger partial charge in [0.05, 0.1) is 34.4 Å². The van der Waals surface area contributed by atoms with Crippen LogP contribution in [0.5, 0.6) is 0 Å². The lowest BCUT2D eigenvalue weighted by Gasteiger charge is -2.39. The number of aromatic nitrogens is 2. The zero-order chi connectivity index (χ0) is 22.6. The van der Waals surface area contributed by atoms with Crippen LogP contribution in [-0.2, 0) is 27.5 Å². The summed E-state index contributed by atoms with van der Waals surface area (Å²) in [5.74, 6) is -0.962. The highest BCUT2D eigenvalue weighted by molar-refractivity contribution is 7.93. The number of halogens is 1. The predicted octanol–water partition coefficient (Wildman–Crippen LogP) is 2.55. The van der Waals surface area contributed by atoms with Crippen LogP contribution in [-0.4, -0.2) is 41.2 Å². The van der Waals surface area contributed by atoms with Gasteiger partial charge in [-0.3, -0.25) is 9.48 Å². The number of carbonyl (C=O) groups excluding carboxylic acids is 1. The van der Waals surface area contributed by atoms with Gasteiger partial charge < -0.3 is 5.32 Å². The Kier molecular flexibility index (Phi) is 5.16. The Hall–Kier alpha value is -2.73. The van der Waals surface area contributed by atoms with Crippen molar-refractivity contribution in [1.82, 2.24) is 15.1 Å². The number of hydrogen-bond acceptors (Lipinski definition) is 5. The number of carbonyl (C=O) groups is 1. The normalized spacial score (nSPS) is 21.1. The topological polar surface area (TPSA) is 105 Å². The molecule has 9 heteroatoms. The molecule has 4 rings (SSSR count). The molecule has 2 heterocycles. The minimum atomic E-state index is -3.06. The van der Waals surface area contributed by atoms with Gasteiger partial charge in [0, 0.05) is 35.2 Å². The van der Waals surface area contributed by atoms with E-state index >= 15 is 0 Å². The Balaban J connectivity index is 1.64. The second-order valence-corrected chi connectivity index (χ2v) is 11.2. The van der Waals surface area contributed by atoms with Gasteiger partial charge in [0.2, 0.25) is 5.91 Å². The van der Waals surface area contributed by atoms with Crippen LogP contribution in [0.2, 0.25) is 0 Å². The Morgan fingerprint density at radius 3 is 2.71 bits per heavy atom. The molecular formula is C22H25FN4O3S. The zero-order valence-electron chi connectivity index (χ0n) is 17.8. The summed E-state index contributed by atoms with van der Waals surface area (Å²) in [6.07, 6.45) is 1.58. The van der Waals surface area contributed by atoms with E-state index in [0.717, 1.165) is 11.3 Å². The standard InChI is InChI=1S/C22H25FN4O3S/c1-13(2)27-19-9-15(21(28)25-22(3)11-31(29,30)12-22)5-6-16(19)20(26-27)17-8-14(10-24)4-7-18(17)23/h4,7-8,13,15H,5-6,9,11-12H2,1-3H3,(H,25,28)/t15-/m1/s1. The first-order chi connectivity index (χ1) is 14.5. The van der Waals surface area contributed by atoms with Crippen LogP contribution in [0, 0.1) is 23.1 Å². The summed E-state index contributed by atoms with van der Waals surface area (Å²) in [5, 5.41) is 16.8. The van der Waals surface area contributed by atoms with Crippen LogP contribution in [0.1, 0.15) is 50.1 Å². The molecule has 31 heavy (non-hydrogen) atoms. The minimum Gasteiger partial charge on any atom is -0.349 e. The molecule has 2 aliphatic rings. The Bertz CT molecular complexity index is 1200. The van der Waals surface area contributed by atoms with Gasteiger partial charge in [-0.1, -0.05) is 0 Å². The van der Waals surface area contributed by atoms with E-state index in [2.05, 4.69) is 10.4 Å². The first-order valence-corrected chi connectivity index (χ1v) is 12.2. The molecule has 2 aromatic rings. The highest BCUT2D eigenvalue weighted by Gasteiger charge is 2.46. The zero-order valence-corrected chi connectivity index (χ0v) is 18.6. The molecule has 1 aromatic carbocycles. The fourth-order valence-electron chi connectivity index (χ4n) is 4.68. The second kappa shape index (κ2) is 7.45. The van der Waals surface area contributed by atoms with Crippen LogP contribution in [0.3, 0.4) is 0 Å². The Labute approximate surface area is 181 Å². The smallest absolute Gasteiger partial charge is 0.223 e. The molecule has 1 fully saturated rings. The molecule has 0 bridgehead atoms. The summed E-state index contributed by atoms with van der Waals surface area (Å²) in [6.45, 7) is 5.70. The third kappa shape index (κ3) is 3.97. The Morgan fingerprint density at radius 1 is 1.39 bits per heavy atom. The molecular weight excluding hydrogens is 419 g/mol. The van der Waals surface area contributed by atoms with Crippen LogP contribution in [0.4, 0.5) is 4.39 Å². The van der Waals surface area contributed by atoms with E-state index in [1.165, 1.54) is 18.2 Å². The van der Waals surface area contributed by atoms with Crippen LogP contribution in [0.25, 0.3) is 11.3 Å². The maximum Gasteiger partial charge on any atom is 0.223 e. The summed E-state index contributed by atoms with van der Waals surface area (Å²) in [5.41, 5.74) is 2.27. The second-order valence-electron chi connectivity index (χ2n) is 9.14. The Morgan fingerprint density at radius 2 is 2.10 bits per heavy atom. The molecule has 0 saturated carbocycles. The van der Waals surface area contributed by atoms with Crippen LogP contribution in [0.15, 0.2) is 18.2 Å². The van der Waals surface area contributed by atoms with Crippen LogP contribution >= 0.6 is 0 Å². The molecule has 0 radical (unpaired) electrons. The fraction of sp³-hybridized carbons (Fsp3) is 0.500. The largest absolute Gasteiger partial charge is 0.349 e. The molecule has 1 atom stereocenters. The number of nitrogens with zero attached hydrogens (tertiary/aromatic N) is 3. The molecule has 1 saturated heterocycles. The lowest BCUT2D eigenvalue weighted by atomic mass is 9.84. The lowest BCUT2D eigenvalue weighted by molar-refractivity contribution is -0.126. The van der Waals surface area contributed by atoms with E-state index in [9.17, 15) is 22.9 Å². The van der Waals surface area contributed by atoms with E-state index in [1.54, 1.807) is 6.92 Å². The monoisotopic (exact) mass is 444 g/mol. The maximum absolute atomic E-state index is 14.6. The van der Waals surface area contributed by atoms with Crippen LogP contribution < -0.4 is 5.32 Å². The number of nitriles is 1. The third-order valence-corrected chi connectivity index (χ3v) is 8.17. The molecule has 1 aromatic heterocycles. The number of hydrogen-bond donors (Lipinski definition) is 1. The number of benzene rings is 1. The van der Waals surface area contributed by atoms with Gasteiger partial charge in [0.1, 0.15) is 5.82 Å². The van der Waals surface area contributed by atoms with E-state index < -0.39 is 21.2 Å².